The van der Waals surface area contributed by atoms with Crippen LogP contribution in [-0.4, -0.2) is 56.8 Å². The van der Waals surface area contributed by atoms with Crippen LogP contribution in [0, 0.1) is 11.8 Å². The minimum atomic E-state index is -4.32. The summed E-state index contributed by atoms with van der Waals surface area (Å²) in [7, 11) is 1.36. The quantitative estimate of drug-likeness (QED) is 0.259. The van der Waals surface area contributed by atoms with Gasteiger partial charge in [0.05, 0.1) is 46.2 Å². The van der Waals surface area contributed by atoms with Crippen LogP contribution in [-0.2, 0) is 16.6 Å². The van der Waals surface area contributed by atoms with Crippen LogP contribution in [0.5, 0.6) is 23.1 Å². The first-order chi connectivity index (χ1) is 19.9. The zero-order valence-corrected chi connectivity index (χ0v) is 23.4. The highest BCUT2D eigenvalue weighted by atomic mass is 32.2. The van der Waals surface area contributed by atoms with Crippen molar-refractivity contribution < 1.29 is 31.9 Å². The van der Waals surface area contributed by atoms with E-state index in [9.17, 15) is 8.42 Å². The molecule has 0 aliphatic carbocycles. The highest BCUT2D eigenvalue weighted by molar-refractivity contribution is 7.93. The molecule has 210 valence electrons. The molecule has 5 rings (SSSR count). The number of anilines is 1. The monoisotopic (exact) mass is 575 g/mol. The fourth-order valence-electron chi connectivity index (χ4n) is 4.12. The summed E-state index contributed by atoms with van der Waals surface area (Å²) >= 11 is 0. The van der Waals surface area contributed by atoms with Crippen molar-refractivity contribution in [2.24, 2.45) is 0 Å². The molecule has 0 aliphatic rings. The van der Waals surface area contributed by atoms with E-state index in [4.69, 9.17) is 23.5 Å². The van der Waals surface area contributed by atoms with Crippen molar-refractivity contribution in [2.45, 2.75) is 11.4 Å². The van der Waals surface area contributed by atoms with E-state index < -0.39 is 10.0 Å². The summed E-state index contributed by atoms with van der Waals surface area (Å²) in [4.78, 5) is 4.23. The van der Waals surface area contributed by atoms with Gasteiger partial charge in [0.1, 0.15) is 22.6 Å². The number of rotatable bonds is 9. The van der Waals surface area contributed by atoms with Gasteiger partial charge >= 0.3 is 0 Å². The lowest BCUT2D eigenvalue weighted by Gasteiger charge is -2.15. The number of fused-ring (bicyclic) bond motifs is 1. The van der Waals surface area contributed by atoms with Gasteiger partial charge in [-0.1, -0.05) is 29.1 Å². The van der Waals surface area contributed by atoms with Crippen LogP contribution in [0.1, 0.15) is 16.8 Å². The van der Waals surface area contributed by atoms with Crippen molar-refractivity contribution in [2.75, 3.05) is 33.2 Å². The lowest BCUT2D eigenvalue weighted by molar-refractivity contribution is 0.373. The van der Waals surface area contributed by atoms with Crippen molar-refractivity contribution in [3.05, 3.63) is 77.7 Å². The number of aromatic nitrogens is 4. The summed E-state index contributed by atoms with van der Waals surface area (Å²) in [6.45, 7) is 0.349. The second-order valence-electron chi connectivity index (χ2n) is 8.50. The van der Waals surface area contributed by atoms with Crippen LogP contribution in [0.2, 0.25) is 0 Å². The summed E-state index contributed by atoms with van der Waals surface area (Å²) in [5.74, 6) is 6.69. The number of methoxy groups -OCH3 is 4. The Balaban J connectivity index is 1.51. The first-order valence-electron chi connectivity index (χ1n) is 12.1. The Bertz CT molecular complexity index is 1850. The Morgan fingerprint density at radius 3 is 2.32 bits per heavy atom. The van der Waals surface area contributed by atoms with E-state index in [0.717, 1.165) is 0 Å². The maximum absolute atomic E-state index is 13.7. The number of hydrogen-bond donors (Lipinski definition) is 1. The van der Waals surface area contributed by atoms with E-state index in [-0.39, 0.29) is 39.1 Å². The fourth-order valence-corrected chi connectivity index (χ4v) is 5.43. The van der Waals surface area contributed by atoms with E-state index in [1.54, 1.807) is 42.4 Å². The molecule has 2 aromatic carbocycles. The van der Waals surface area contributed by atoms with E-state index >= 15 is 0 Å². The van der Waals surface area contributed by atoms with Gasteiger partial charge in [-0.3, -0.25) is 9.40 Å². The Morgan fingerprint density at radius 2 is 1.66 bits per heavy atom. The van der Waals surface area contributed by atoms with Gasteiger partial charge in [-0.2, -0.15) is 5.10 Å². The van der Waals surface area contributed by atoms with E-state index in [1.165, 1.54) is 33.5 Å². The minimum absolute atomic E-state index is 0.0144. The van der Waals surface area contributed by atoms with Gasteiger partial charge < -0.3 is 23.5 Å². The third kappa shape index (κ3) is 5.59. The number of hydrogen-bond acceptors (Lipinski definition) is 10. The van der Waals surface area contributed by atoms with Crippen LogP contribution >= 0.6 is 0 Å². The van der Waals surface area contributed by atoms with E-state index in [1.807, 2.05) is 18.2 Å². The third-order valence-corrected chi connectivity index (χ3v) is 7.36. The van der Waals surface area contributed by atoms with Crippen LogP contribution in [0.25, 0.3) is 11.0 Å². The summed E-state index contributed by atoms with van der Waals surface area (Å²) in [6.07, 6.45) is 3.44. The van der Waals surface area contributed by atoms with Gasteiger partial charge in [-0.25, -0.2) is 13.4 Å². The molecule has 0 bridgehead atoms. The van der Waals surface area contributed by atoms with Gasteiger partial charge in [0.25, 0.3) is 10.0 Å². The number of para-hydroxylation sites is 1. The SMILES string of the molecule is COc1ccccc1C#Cc1cc(OC)c(S(=O)(=O)Nc2noc3cc(Cn4cccn4)nc(OC)c23)c(OC)c1. The topological polar surface area (TPSA) is 140 Å². The van der Waals surface area contributed by atoms with Crippen molar-refractivity contribution in [1.29, 1.82) is 0 Å². The molecule has 0 atom stereocenters. The lowest BCUT2D eigenvalue weighted by Crippen LogP contribution is -2.16. The molecule has 0 aliphatic heterocycles. The molecular formula is C28H25N5O7S. The van der Waals surface area contributed by atoms with Gasteiger partial charge in [0, 0.05) is 24.0 Å². The molecule has 0 radical (unpaired) electrons. The largest absolute Gasteiger partial charge is 0.495 e. The molecule has 0 saturated heterocycles. The van der Waals surface area contributed by atoms with Crippen molar-refractivity contribution in [3.8, 4) is 35.0 Å². The first-order valence-corrected chi connectivity index (χ1v) is 13.6. The molecular weight excluding hydrogens is 550 g/mol. The zero-order chi connectivity index (χ0) is 29.0. The maximum atomic E-state index is 13.7. The smallest absolute Gasteiger partial charge is 0.270 e. The Labute approximate surface area is 235 Å². The number of nitrogens with zero attached hydrogens (tertiary/aromatic N) is 4. The minimum Gasteiger partial charge on any atom is -0.495 e. The van der Waals surface area contributed by atoms with Gasteiger partial charge in [0.15, 0.2) is 16.3 Å². The number of sulfonamides is 1. The van der Waals surface area contributed by atoms with E-state index in [0.29, 0.717) is 29.1 Å². The number of nitrogens with one attached hydrogen (secondary N) is 1. The first kappa shape index (κ1) is 27.4. The molecule has 0 unspecified atom stereocenters. The molecule has 3 aromatic heterocycles. The second-order valence-corrected chi connectivity index (χ2v) is 10.1. The number of ether oxygens (including phenoxy) is 4. The van der Waals surface area contributed by atoms with Crippen molar-refractivity contribution in [3.63, 3.8) is 0 Å². The van der Waals surface area contributed by atoms with Crippen LogP contribution in [0.15, 0.2) is 70.3 Å². The Hall–Kier alpha value is -5.22. The van der Waals surface area contributed by atoms with E-state index in [2.05, 4.69) is 31.8 Å². The molecule has 0 saturated carbocycles. The third-order valence-electron chi connectivity index (χ3n) is 5.96. The average Bonchev–Trinajstić information content (AvgIpc) is 3.64. The highest BCUT2D eigenvalue weighted by Gasteiger charge is 2.29. The maximum Gasteiger partial charge on any atom is 0.270 e. The normalized spacial score (nSPS) is 11.0. The van der Waals surface area contributed by atoms with Gasteiger partial charge in [0.2, 0.25) is 5.88 Å². The lowest BCUT2D eigenvalue weighted by atomic mass is 10.1. The number of benzene rings is 2. The average molecular weight is 576 g/mol. The molecule has 1 N–H and O–H groups in total. The highest BCUT2D eigenvalue weighted by Crippen LogP contribution is 2.38. The molecule has 0 amide bonds. The van der Waals surface area contributed by atoms with Gasteiger partial charge in [-0.15, -0.1) is 0 Å². The summed E-state index contributed by atoms with van der Waals surface area (Å²) in [5, 5.41) is 8.35. The molecule has 5 aromatic rings. The zero-order valence-electron chi connectivity index (χ0n) is 22.5. The predicted octanol–water partition coefficient (Wildman–Crippen LogP) is 3.70. The summed E-state index contributed by atoms with van der Waals surface area (Å²) in [5.41, 5.74) is 1.99. The van der Waals surface area contributed by atoms with Crippen LogP contribution < -0.4 is 23.7 Å². The summed E-state index contributed by atoms with van der Waals surface area (Å²) in [6, 6.07) is 13.7. The number of pyridine rings is 1. The predicted molar refractivity (Wildman–Crippen MR) is 149 cm³/mol. The molecule has 13 heteroatoms. The van der Waals surface area contributed by atoms with Gasteiger partial charge in [-0.05, 0) is 30.3 Å². The Morgan fingerprint density at radius 1 is 0.927 bits per heavy atom. The molecule has 0 spiro atoms. The summed E-state index contributed by atoms with van der Waals surface area (Å²) < 4.78 is 58.6. The molecule has 41 heavy (non-hydrogen) atoms. The van der Waals surface area contributed by atoms with Crippen LogP contribution in [0.4, 0.5) is 5.82 Å². The molecule has 0 fully saturated rings. The molecule has 3 heterocycles. The fraction of sp³-hybridized carbons (Fsp3) is 0.179. The van der Waals surface area contributed by atoms with Crippen molar-refractivity contribution in [1.82, 2.24) is 19.9 Å². The molecule has 12 nitrogen and oxygen atoms in total. The van der Waals surface area contributed by atoms with Crippen LogP contribution in [0.3, 0.4) is 0 Å². The Kier molecular flexibility index (Phi) is 7.66. The second kappa shape index (κ2) is 11.5. The van der Waals surface area contributed by atoms with Crippen molar-refractivity contribution >= 4 is 26.8 Å². The standard InChI is InChI=1S/C28H25N5O7S/c1-36-21-9-6-5-8-19(21)11-10-18-14-23(37-2)26(24(15-18)38-3)41(34,35)32-27-25-22(40-31-27)16-20(30-28(25)39-4)17-33-13-7-12-29-33/h5-9,12-16H,17H2,1-4H3,(H,31,32).